The number of carbonyl (C=O) groups is 6. The number of hydrogen-bond acceptors (Lipinski definition) is 15. The number of nitrogens with zero attached hydrogens (tertiary/aromatic N) is 5. The van der Waals surface area contributed by atoms with Gasteiger partial charge >= 0.3 is 6.03 Å². The van der Waals surface area contributed by atoms with Crippen molar-refractivity contribution < 1.29 is 43.0 Å². The van der Waals surface area contributed by atoms with Gasteiger partial charge in [0.1, 0.15) is 11.1 Å². The number of ether oxygens (including phenoxy) is 3. The minimum absolute atomic E-state index is 0.0817. The van der Waals surface area contributed by atoms with Gasteiger partial charge in [-0.3, -0.25) is 29.3 Å². The van der Waals surface area contributed by atoms with E-state index in [-0.39, 0.29) is 74.7 Å². The third-order valence-corrected chi connectivity index (χ3v) is 12.0. The minimum Gasteiger partial charge on any atom is -0.379 e. The molecule has 0 radical (unpaired) electrons. The highest BCUT2D eigenvalue weighted by molar-refractivity contribution is 6.33. The summed E-state index contributed by atoms with van der Waals surface area (Å²) in [7, 11) is 3.38. The fourth-order valence-electron chi connectivity index (χ4n) is 7.93. The molecule has 4 heterocycles. The van der Waals surface area contributed by atoms with E-state index in [1.54, 1.807) is 48.3 Å². The Balaban J connectivity index is 0.723. The van der Waals surface area contributed by atoms with E-state index in [0.29, 0.717) is 104 Å². The van der Waals surface area contributed by atoms with E-state index in [1.807, 2.05) is 37.4 Å². The third-order valence-electron chi connectivity index (χ3n) is 11.7. The maximum Gasteiger partial charge on any atom is 0.317 e. The molecule has 2 atom stereocenters. The second-order valence-electron chi connectivity index (χ2n) is 16.3. The van der Waals surface area contributed by atoms with Crippen LogP contribution in [0.15, 0.2) is 72.9 Å². The third kappa shape index (κ3) is 13.4. The Morgan fingerprint density at radius 2 is 1.59 bits per heavy atom. The number of piperazine rings is 1. The second kappa shape index (κ2) is 24.4. The smallest absolute Gasteiger partial charge is 0.317 e. The van der Waals surface area contributed by atoms with E-state index in [2.05, 4.69) is 52.1 Å². The Morgan fingerprint density at radius 1 is 0.855 bits per heavy atom. The molecule has 2 fully saturated rings. The normalized spacial score (nSPS) is 16.1. The largest absolute Gasteiger partial charge is 0.379 e. The summed E-state index contributed by atoms with van der Waals surface area (Å²) >= 11 is 6.39. The summed E-state index contributed by atoms with van der Waals surface area (Å²) in [5, 5.41) is 20.5. The molecule has 3 aromatic carbocycles. The number of hydrogen-bond donors (Lipinski definition) is 7. The maximum atomic E-state index is 13.1. The number of fused-ring (bicyclic) bond motifs is 1. The fourth-order valence-corrected chi connectivity index (χ4v) is 8.07. The first-order chi connectivity index (χ1) is 33.5. The SMILES string of the molecule is CNC(=O)c1ccccc1Nc1nc(Nc2ccc(N3CCN(C(=O)NCCOCC(COCCOCCC(=O)Nc4cccc5c4CN(C4CCC(=O)NC4=O)C5=O)NC)CC3)cc2)ncc1Cl. The van der Waals surface area contributed by atoms with Gasteiger partial charge in [0.2, 0.25) is 23.7 Å². The lowest BCUT2D eigenvalue weighted by Crippen LogP contribution is -2.52. The molecule has 0 saturated carbocycles. The number of piperidine rings is 1. The van der Waals surface area contributed by atoms with E-state index in [0.717, 1.165) is 11.4 Å². The topological polar surface area (TPSA) is 250 Å². The molecule has 366 valence electrons. The van der Waals surface area contributed by atoms with Gasteiger partial charge in [-0.1, -0.05) is 29.8 Å². The average molecular weight is 970 g/mol. The van der Waals surface area contributed by atoms with Crippen molar-refractivity contribution in [3.05, 3.63) is 94.6 Å². The lowest BCUT2D eigenvalue weighted by Gasteiger charge is -2.36. The molecule has 7 rings (SSSR count). The van der Waals surface area contributed by atoms with Crippen LogP contribution in [0.2, 0.25) is 5.02 Å². The fraction of sp³-hybridized carbons (Fsp3) is 0.404. The average Bonchev–Trinajstić information content (AvgIpc) is 3.70. The highest BCUT2D eigenvalue weighted by Gasteiger charge is 2.40. The number of benzene rings is 3. The molecule has 7 N–H and O–H groups in total. The van der Waals surface area contributed by atoms with Crippen molar-refractivity contribution in [2.45, 2.75) is 37.9 Å². The number of aromatic nitrogens is 2. The zero-order chi connectivity index (χ0) is 48.7. The molecule has 3 aliphatic heterocycles. The monoisotopic (exact) mass is 968 g/mol. The van der Waals surface area contributed by atoms with Crippen molar-refractivity contribution in [1.82, 2.24) is 41.0 Å². The van der Waals surface area contributed by atoms with E-state index >= 15 is 0 Å². The van der Waals surface area contributed by atoms with Gasteiger partial charge in [-0.05, 0) is 62.0 Å². The van der Waals surface area contributed by atoms with Crippen molar-refractivity contribution in [2.24, 2.45) is 0 Å². The summed E-state index contributed by atoms with van der Waals surface area (Å²) in [5.41, 5.74) is 4.34. The number of para-hydroxylation sites is 1. The molecular formula is C47H57ClN12O9. The number of urea groups is 1. The van der Waals surface area contributed by atoms with Gasteiger partial charge < -0.3 is 60.8 Å². The van der Waals surface area contributed by atoms with Crippen LogP contribution < -0.4 is 42.1 Å². The summed E-state index contributed by atoms with van der Waals surface area (Å²) in [6.07, 6.45) is 1.99. The number of carbonyl (C=O) groups excluding carboxylic acids is 6. The number of halogens is 1. The molecule has 1 aromatic heterocycles. The summed E-state index contributed by atoms with van der Waals surface area (Å²) in [5.74, 6) is -1.00. The van der Waals surface area contributed by atoms with Crippen LogP contribution in [0.3, 0.4) is 0 Å². The number of rotatable bonds is 22. The van der Waals surface area contributed by atoms with E-state index in [1.165, 1.54) is 11.1 Å². The number of nitrogens with one attached hydrogen (secondary N) is 7. The second-order valence-corrected chi connectivity index (χ2v) is 16.7. The number of imide groups is 1. The lowest BCUT2D eigenvalue weighted by atomic mass is 10.0. The molecule has 21 nitrogen and oxygen atoms in total. The highest BCUT2D eigenvalue weighted by Crippen LogP contribution is 2.33. The Hall–Kier alpha value is -6.91. The van der Waals surface area contributed by atoms with Gasteiger partial charge in [0.15, 0.2) is 5.82 Å². The quantitative estimate of drug-likeness (QED) is 0.0441. The van der Waals surface area contributed by atoms with Gasteiger partial charge in [0.05, 0.1) is 69.6 Å². The van der Waals surface area contributed by atoms with Crippen molar-refractivity contribution in [2.75, 3.05) is 107 Å². The minimum atomic E-state index is -0.739. The number of likely N-dealkylation sites (N-methyl/N-ethyl adjacent to an activating group) is 1. The molecule has 0 bridgehead atoms. The maximum absolute atomic E-state index is 13.1. The Bertz CT molecular complexity index is 2470. The van der Waals surface area contributed by atoms with Crippen molar-refractivity contribution in [1.29, 1.82) is 0 Å². The van der Waals surface area contributed by atoms with Crippen LogP contribution in [0.1, 0.15) is 45.5 Å². The predicted octanol–water partition coefficient (Wildman–Crippen LogP) is 3.24. The van der Waals surface area contributed by atoms with Crippen LogP contribution in [0.4, 0.5) is 39.3 Å². The summed E-state index contributed by atoms with van der Waals surface area (Å²) in [6.45, 7) is 4.83. The van der Waals surface area contributed by atoms with E-state index in [9.17, 15) is 28.8 Å². The van der Waals surface area contributed by atoms with Gasteiger partial charge in [-0.2, -0.15) is 4.98 Å². The number of anilines is 6. The lowest BCUT2D eigenvalue weighted by molar-refractivity contribution is -0.137. The van der Waals surface area contributed by atoms with Gasteiger partial charge in [0, 0.05) is 80.9 Å². The molecule has 2 unspecified atom stereocenters. The zero-order valence-corrected chi connectivity index (χ0v) is 39.2. The molecule has 2 saturated heterocycles. The van der Waals surface area contributed by atoms with Crippen molar-refractivity contribution in [3.8, 4) is 0 Å². The Labute approximate surface area is 404 Å². The molecular weight excluding hydrogens is 912 g/mol. The van der Waals surface area contributed by atoms with Crippen LogP contribution in [-0.4, -0.2) is 154 Å². The van der Waals surface area contributed by atoms with Crippen LogP contribution in [0.5, 0.6) is 0 Å². The number of amides is 7. The molecule has 69 heavy (non-hydrogen) atoms. The highest BCUT2D eigenvalue weighted by atomic mass is 35.5. The van der Waals surface area contributed by atoms with E-state index in [4.69, 9.17) is 25.8 Å². The van der Waals surface area contributed by atoms with Crippen LogP contribution >= 0.6 is 11.6 Å². The van der Waals surface area contributed by atoms with Crippen LogP contribution in [-0.2, 0) is 35.1 Å². The molecule has 22 heteroatoms. The van der Waals surface area contributed by atoms with E-state index < -0.39 is 11.9 Å². The molecule has 3 aliphatic rings. The van der Waals surface area contributed by atoms with Gasteiger partial charge in [0.25, 0.3) is 11.8 Å². The molecule has 4 aromatic rings. The molecule has 0 aliphatic carbocycles. The van der Waals surface area contributed by atoms with Crippen LogP contribution in [0.25, 0.3) is 0 Å². The molecule has 7 amide bonds. The molecule has 0 spiro atoms. The first kappa shape index (κ1) is 50.0. The Kier molecular flexibility index (Phi) is 17.7. The zero-order valence-electron chi connectivity index (χ0n) is 38.5. The summed E-state index contributed by atoms with van der Waals surface area (Å²) in [6, 6.07) is 19.0. The summed E-state index contributed by atoms with van der Waals surface area (Å²) in [4.78, 5) is 89.3. The first-order valence-electron chi connectivity index (χ1n) is 22.7. The van der Waals surface area contributed by atoms with Crippen molar-refractivity contribution >= 4 is 81.7 Å². The van der Waals surface area contributed by atoms with Gasteiger partial charge in [-0.25, -0.2) is 9.78 Å². The first-order valence-corrected chi connectivity index (χ1v) is 23.1. The van der Waals surface area contributed by atoms with Gasteiger partial charge in [-0.15, -0.1) is 0 Å². The standard InChI is InChI=1S/C47H57ClN12O9/c1-49-31(29-69-25-24-67-22-16-41(62)54-38-9-5-7-33-35(38)27-60(45(33)65)39-14-15-40(61)56-44(39)64)28-68-23-17-51-47(66)59-20-18-58(19-21-59)32-12-10-30(11-13-32)53-46-52-26-36(48)42(57-46)55-37-8-4-3-6-34(37)43(63)50-2/h3-13,26,31,39,49H,14-25,27-29H2,1-2H3,(H,50,63)(H,51,66)(H,54,62)(H,56,61,64)(H2,52,53,55,57). The predicted molar refractivity (Wildman–Crippen MR) is 258 cm³/mol. The summed E-state index contributed by atoms with van der Waals surface area (Å²) < 4.78 is 17.2. The Morgan fingerprint density at radius 3 is 2.35 bits per heavy atom. The van der Waals surface area contributed by atoms with Crippen molar-refractivity contribution in [3.63, 3.8) is 0 Å². The van der Waals surface area contributed by atoms with Crippen LogP contribution in [0, 0.1) is 0 Å².